The zero-order valence-electron chi connectivity index (χ0n) is 6.89. The first-order valence-corrected chi connectivity index (χ1v) is 4.42. The Morgan fingerprint density at radius 1 is 1.50 bits per heavy atom. The maximum absolute atomic E-state index is 5.52. The van der Waals surface area contributed by atoms with Crippen molar-refractivity contribution in [2.45, 2.75) is 39.5 Å². The van der Waals surface area contributed by atoms with E-state index in [4.69, 9.17) is 18.0 Å². The molecule has 60 valence electrons. The van der Waals surface area contributed by atoms with Crippen molar-refractivity contribution < 1.29 is 0 Å². The van der Waals surface area contributed by atoms with Gasteiger partial charge in [0.15, 0.2) is 0 Å². The van der Waals surface area contributed by atoms with Gasteiger partial charge in [0.2, 0.25) is 0 Å². The Hall–Kier alpha value is -0.110. The van der Waals surface area contributed by atoms with Crippen LogP contribution in [0.1, 0.15) is 39.5 Å². The minimum atomic E-state index is 0.481. The first kappa shape index (κ1) is 9.89. The molecular weight excluding hydrogens is 142 g/mol. The fraction of sp³-hybridized carbons (Fsp3) is 0.875. The highest BCUT2D eigenvalue weighted by atomic mass is 32.1. The molecule has 0 fully saturated rings. The van der Waals surface area contributed by atoms with Crippen molar-refractivity contribution >= 4 is 17.2 Å². The molecule has 0 aromatic carbocycles. The summed E-state index contributed by atoms with van der Waals surface area (Å²) in [5.41, 5.74) is 5.52. The van der Waals surface area contributed by atoms with Crippen LogP contribution in [0.2, 0.25) is 0 Å². The van der Waals surface area contributed by atoms with E-state index in [-0.39, 0.29) is 0 Å². The van der Waals surface area contributed by atoms with Crippen molar-refractivity contribution in [3.05, 3.63) is 0 Å². The molecule has 0 spiro atoms. The SMILES string of the molecule is CCCCC(CC)C(N)=S. The lowest BCUT2D eigenvalue weighted by molar-refractivity contribution is 0.570. The highest BCUT2D eigenvalue weighted by Crippen LogP contribution is 2.11. The molecule has 0 aliphatic carbocycles. The van der Waals surface area contributed by atoms with Gasteiger partial charge in [0.1, 0.15) is 0 Å². The predicted molar refractivity (Wildman–Crippen MR) is 50.1 cm³/mol. The zero-order chi connectivity index (χ0) is 7.98. The first-order valence-electron chi connectivity index (χ1n) is 4.01. The van der Waals surface area contributed by atoms with Gasteiger partial charge in [-0.3, -0.25) is 0 Å². The van der Waals surface area contributed by atoms with E-state index in [1.54, 1.807) is 0 Å². The van der Waals surface area contributed by atoms with Gasteiger partial charge >= 0.3 is 0 Å². The smallest absolute Gasteiger partial charge is 0.0758 e. The molecule has 1 atom stereocenters. The molecule has 0 amide bonds. The summed E-state index contributed by atoms with van der Waals surface area (Å²) in [7, 11) is 0. The lowest BCUT2D eigenvalue weighted by Gasteiger charge is -2.10. The number of hydrogen-bond donors (Lipinski definition) is 1. The summed E-state index contributed by atoms with van der Waals surface area (Å²) in [6.07, 6.45) is 4.74. The Balaban J connectivity index is 3.50. The first-order chi connectivity index (χ1) is 4.72. The van der Waals surface area contributed by atoms with E-state index in [9.17, 15) is 0 Å². The lowest BCUT2D eigenvalue weighted by Crippen LogP contribution is -2.20. The molecule has 0 aliphatic rings. The lowest BCUT2D eigenvalue weighted by atomic mass is 10.00. The summed E-state index contributed by atoms with van der Waals surface area (Å²) in [6.45, 7) is 4.33. The summed E-state index contributed by atoms with van der Waals surface area (Å²) in [5, 5.41) is 0. The Kier molecular flexibility index (Phi) is 5.60. The Morgan fingerprint density at radius 3 is 2.40 bits per heavy atom. The molecule has 0 rings (SSSR count). The van der Waals surface area contributed by atoms with E-state index in [1.165, 1.54) is 19.3 Å². The van der Waals surface area contributed by atoms with Gasteiger partial charge in [-0.1, -0.05) is 38.9 Å². The molecule has 0 aromatic rings. The average molecular weight is 159 g/mol. The van der Waals surface area contributed by atoms with E-state index in [1.807, 2.05) is 0 Å². The topological polar surface area (TPSA) is 26.0 Å². The zero-order valence-corrected chi connectivity index (χ0v) is 7.71. The number of thiocarbonyl (C=S) groups is 1. The average Bonchev–Trinajstić information content (AvgIpc) is 1.89. The van der Waals surface area contributed by atoms with Crippen LogP contribution >= 0.6 is 12.2 Å². The van der Waals surface area contributed by atoms with Crippen LogP contribution in [-0.2, 0) is 0 Å². The van der Waals surface area contributed by atoms with Gasteiger partial charge in [-0.2, -0.15) is 0 Å². The molecule has 0 radical (unpaired) electrons. The van der Waals surface area contributed by atoms with E-state index >= 15 is 0 Å². The number of nitrogens with two attached hydrogens (primary N) is 1. The van der Waals surface area contributed by atoms with Gasteiger partial charge in [0.05, 0.1) is 4.99 Å². The molecular formula is C8H17NS. The molecule has 0 heterocycles. The third kappa shape index (κ3) is 3.83. The standard InChI is InChI=1S/C8H17NS/c1-3-5-6-7(4-2)8(9)10/h7H,3-6H2,1-2H3,(H2,9,10). The number of rotatable bonds is 5. The molecule has 1 unspecified atom stereocenters. The van der Waals surface area contributed by atoms with Crippen LogP contribution in [0, 0.1) is 5.92 Å². The molecule has 0 saturated carbocycles. The minimum Gasteiger partial charge on any atom is -0.393 e. The highest BCUT2D eigenvalue weighted by molar-refractivity contribution is 7.80. The fourth-order valence-corrected chi connectivity index (χ4v) is 1.28. The highest BCUT2D eigenvalue weighted by Gasteiger charge is 2.06. The van der Waals surface area contributed by atoms with Crippen LogP contribution < -0.4 is 5.73 Å². The summed E-state index contributed by atoms with van der Waals surface area (Å²) in [4.78, 5) is 0.691. The third-order valence-electron chi connectivity index (χ3n) is 1.80. The van der Waals surface area contributed by atoms with Gasteiger partial charge in [0.25, 0.3) is 0 Å². The Labute approximate surface area is 69.0 Å². The molecule has 0 saturated heterocycles. The normalized spacial score (nSPS) is 13.0. The second-order valence-electron chi connectivity index (χ2n) is 2.65. The van der Waals surface area contributed by atoms with Gasteiger partial charge in [-0.05, 0) is 12.8 Å². The quantitative estimate of drug-likeness (QED) is 0.624. The summed E-state index contributed by atoms with van der Waals surface area (Å²) in [6, 6.07) is 0. The summed E-state index contributed by atoms with van der Waals surface area (Å²) in [5.74, 6) is 0.481. The second-order valence-corrected chi connectivity index (χ2v) is 3.12. The number of unbranched alkanes of at least 4 members (excludes halogenated alkanes) is 1. The summed E-state index contributed by atoms with van der Waals surface area (Å²) < 4.78 is 0. The molecule has 2 heteroatoms. The van der Waals surface area contributed by atoms with Gasteiger partial charge in [0, 0.05) is 5.92 Å². The minimum absolute atomic E-state index is 0.481. The molecule has 0 bridgehead atoms. The summed E-state index contributed by atoms with van der Waals surface area (Å²) >= 11 is 4.91. The molecule has 1 nitrogen and oxygen atoms in total. The van der Waals surface area contributed by atoms with Crippen LogP contribution in [-0.4, -0.2) is 4.99 Å². The Morgan fingerprint density at radius 2 is 2.10 bits per heavy atom. The van der Waals surface area contributed by atoms with Crippen molar-refractivity contribution in [3.63, 3.8) is 0 Å². The van der Waals surface area contributed by atoms with Crippen LogP contribution in [0.4, 0.5) is 0 Å². The van der Waals surface area contributed by atoms with Crippen LogP contribution in [0.15, 0.2) is 0 Å². The molecule has 0 aliphatic heterocycles. The Bertz CT molecular complexity index is 101. The van der Waals surface area contributed by atoms with Crippen LogP contribution in [0.3, 0.4) is 0 Å². The largest absolute Gasteiger partial charge is 0.393 e. The fourth-order valence-electron chi connectivity index (χ4n) is 0.998. The van der Waals surface area contributed by atoms with Gasteiger partial charge in [-0.25, -0.2) is 0 Å². The van der Waals surface area contributed by atoms with Crippen molar-refractivity contribution in [2.75, 3.05) is 0 Å². The van der Waals surface area contributed by atoms with E-state index in [2.05, 4.69) is 13.8 Å². The van der Waals surface area contributed by atoms with Gasteiger partial charge in [-0.15, -0.1) is 0 Å². The van der Waals surface area contributed by atoms with Crippen molar-refractivity contribution in [1.29, 1.82) is 0 Å². The molecule has 10 heavy (non-hydrogen) atoms. The monoisotopic (exact) mass is 159 g/mol. The van der Waals surface area contributed by atoms with Crippen LogP contribution in [0.5, 0.6) is 0 Å². The number of hydrogen-bond acceptors (Lipinski definition) is 1. The molecule has 2 N–H and O–H groups in total. The maximum atomic E-state index is 5.52. The second kappa shape index (κ2) is 5.66. The van der Waals surface area contributed by atoms with Crippen molar-refractivity contribution in [2.24, 2.45) is 11.7 Å². The van der Waals surface area contributed by atoms with Gasteiger partial charge < -0.3 is 5.73 Å². The third-order valence-corrected chi connectivity index (χ3v) is 2.13. The van der Waals surface area contributed by atoms with Crippen molar-refractivity contribution in [1.82, 2.24) is 0 Å². The van der Waals surface area contributed by atoms with Crippen LogP contribution in [0.25, 0.3) is 0 Å². The maximum Gasteiger partial charge on any atom is 0.0758 e. The van der Waals surface area contributed by atoms with Crippen molar-refractivity contribution in [3.8, 4) is 0 Å². The van der Waals surface area contributed by atoms with E-state index < -0.39 is 0 Å². The van der Waals surface area contributed by atoms with E-state index in [0.717, 1.165) is 6.42 Å². The predicted octanol–water partition coefficient (Wildman–Crippen LogP) is 2.49. The molecule has 0 aromatic heterocycles. The van der Waals surface area contributed by atoms with E-state index in [0.29, 0.717) is 10.9 Å².